The number of hydrogen-bond donors (Lipinski definition) is 1. The lowest BCUT2D eigenvalue weighted by Crippen LogP contribution is -2.44. The zero-order valence-electron chi connectivity index (χ0n) is 18.6. The highest BCUT2D eigenvalue weighted by Crippen LogP contribution is 2.27. The quantitative estimate of drug-likeness (QED) is 0.598. The van der Waals surface area contributed by atoms with Crippen LogP contribution in [-0.2, 0) is 4.79 Å². The van der Waals surface area contributed by atoms with Crippen LogP contribution in [0.2, 0.25) is 0 Å². The Morgan fingerprint density at radius 2 is 2.03 bits per heavy atom. The molecule has 0 radical (unpaired) electrons. The summed E-state index contributed by atoms with van der Waals surface area (Å²) in [6.45, 7) is 8.27. The lowest BCUT2D eigenvalue weighted by atomic mass is 10.2. The van der Waals surface area contributed by atoms with Crippen molar-refractivity contribution in [3.63, 3.8) is 0 Å². The Bertz CT molecular complexity index is 1190. The maximum Gasteiger partial charge on any atom is 0.246 e. The highest BCUT2D eigenvalue weighted by atomic mass is 19.1. The molecule has 10 heteroatoms. The number of carbonyl (C=O) groups excluding carboxylic acids is 1. The molecular formula is C23H27FN8O. The third kappa shape index (κ3) is 4.25. The summed E-state index contributed by atoms with van der Waals surface area (Å²) in [7, 11) is 2.08. The summed E-state index contributed by atoms with van der Waals surface area (Å²) in [5.41, 5.74) is 2.55. The third-order valence-corrected chi connectivity index (χ3v) is 6.41. The van der Waals surface area contributed by atoms with Crippen molar-refractivity contribution < 1.29 is 9.18 Å². The average molecular weight is 451 g/mol. The standard InChI is InChI=1S/C23H27FN8O/c1-3-21(33)31-7-6-17(14-31)32-15-26-19-13-25-23(28-22(19)32)27-16-4-5-20(18(24)12-16)30-10-8-29(2)9-11-30/h3-5,12-13,15,17H,1,6-11,14H2,2H3,(H,25,27,28). The van der Waals surface area contributed by atoms with Gasteiger partial charge in [0.2, 0.25) is 11.9 Å². The minimum Gasteiger partial charge on any atom is -0.367 e. The van der Waals surface area contributed by atoms with Crippen LogP contribution in [-0.4, -0.2) is 81.5 Å². The second-order valence-electron chi connectivity index (χ2n) is 8.57. The molecule has 2 saturated heterocycles. The van der Waals surface area contributed by atoms with Gasteiger partial charge in [0, 0.05) is 45.0 Å². The number of hydrogen-bond acceptors (Lipinski definition) is 7. The number of nitrogens with one attached hydrogen (secondary N) is 1. The number of likely N-dealkylation sites (tertiary alicyclic amines) is 1. The monoisotopic (exact) mass is 450 g/mol. The number of likely N-dealkylation sites (N-methyl/N-ethyl adjacent to an activating group) is 1. The van der Waals surface area contributed by atoms with Gasteiger partial charge in [-0.1, -0.05) is 6.58 Å². The largest absolute Gasteiger partial charge is 0.367 e. The first-order valence-corrected chi connectivity index (χ1v) is 11.1. The molecule has 2 aliphatic rings. The SMILES string of the molecule is C=CC(=O)N1CCC(n2cnc3cnc(Nc4ccc(N5CCN(C)CC5)c(F)c4)nc32)C1. The first-order chi connectivity index (χ1) is 16.0. The van der Waals surface area contributed by atoms with Gasteiger partial charge in [-0.25, -0.2) is 14.4 Å². The van der Waals surface area contributed by atoms with Crippen molar-refractivity contribution in [3.8, 4) is 0 Å². The molecule has 0 bridgehead atoms. The Morgan fingerprint density at radius 1 is 1.21 bits per heavy atom. The van der Waals surface area contributed by atoms with Crippen molar-refractivity contribution in [1.82, 2.24) is 29.3 Å². The molecular weight excluding hydrogens is 423 g/mol. The smallest absolute Gasteiger partial charge is 0.246 e. The molecule has 1 atom stereocenters. The zero-order valence-corrected chi connectivity index (χ0v) is 18.6. The zero-order chi connectivity index (χ0) is 22.9. The summed E-state index contributed by atoms with van der Waals surface area (Å²) in [6.07, 6.45) is 5.54. The molecule has 2 fully saturated rings. The van der Waals surface area contributed by atoms with E-state index >= 15 is 0 Å². The van der Waals surface area contributed by atoms with Crippen molar-refractivity contribution in [2.75, 3.05) is 56.5 Å². The number of nitrogens with zero attached hydrogens (tertiary/aromatic N) is 7. The minimum absolute atomic E-state index is 0.0686. The van der Waals surface area contributed by atoms with Gasteiger partial charge in [-0.15, -0.1) is 0 Å². The molecule has 3 aromatic rings. The maximum atomic E-state index is 14.8. The average Bonchev–Trinajstić information content (AvgIpc) is 3.46. The number of benzene rings is 1. The third-order valence-electron chi connectivity index (χ3n) is 6.41. The molecule has 1 unspecified atom stereocenters. The van der Waals surface area contributed by atoms with E-state index in [0.717, 1.165) is 32.6 Å². The van der Waals surface area contributed by atoms with Gasteiger partial charge in [-0.3, -0.25) is 4.79 Å². The van der Waals surface area contributed by atoms with E-state index in [4.69, 9.17) is 0 Å². The second kappa shape index (κ2) is 8.78. The molecule has 172 valence electrons. The van der Waals surface area contributed by atoms with Crippen molar-refractivity contribution in [3.05, 3.63) is 49.2 Å². The molecule has 5 rings (SSSR count). The van der Waals surface area contributed by atoms with Crippen LogP contribution in [0.3, 0.4) is 0 Å². The normalized spacial score (nSPS) is 19.3. The van der Waals surface area contributed by atoms with E-state index in [1.165, 1.54) is 12.1 Å². The number of carbonyl (C=O) groups is 1. The fourth-order valence-electron chi connectivity index (χ4n) is 4.47. The van der Waals surface area contributed by atoms with Crippen LogP contribution in [0.4, 0.5) is 21.7 Å². The summed E-state index contributed by atoms with van der Waals surface area (Å²) in [4.78, 5) is 31.4. The van der Waals surface area contributed by atoms with Gasteiger partial charge in [-0.2, -0.15) is 4.98 Å². The van der Waals surface area contributed by atoms with E-state index < -0.39 is 0 Å². The molecule has 33 heavy (non-hydrogen) atoms. The highest BCUT2D eigenvalue weighted by molar-refractivity contribution is 5.87. The van der Waals surface area contributed by atoms with E-state index in [0.29, 0.717) is 41.6 Å². The molecule has 1 aromatic carbocycles. The van der Waals surface area contributed by atoms with Gasteiger partial charge < -0.3 is 24.6 Å². The van der Waals surface area contributed by atoms with Gasteiger partial charge in [0.25, 0.3) is 0 Å². The van der Waals surface area contributed by atoms with Crippen molar-refractivity contribution in [1.29, 1.82) is 0 Å². The number of anilines is 3. The van der Waals surface area contributed by atoms with Crippen molar-refractivity contribution in [2.45, 2.75) is 12.5 Å². The lowest BCUT2D eigenvalue weighted by Gasteiger charge is -2.34. The number of amides is 1. The molecule has 9 nitrogen and oxygen atoms in total. The van der Waals surface area contributed by atoms with Crippen LogP contribution in [0.15, 0.2) is 43.4 Å². The Hall–Kier alpha value is -3.53. The van der Waals surface area contributed by atoms with E-state index in [1.807, 2.05) is 10.6 Å². The van der Waals surface area contributed by atoms with Gasteiger partial charge in [0.15, 0.2) is 5.65 Å². The lowest BCUT2D eigenvalue weighted by molar-refractivity contribution is -0.125. The van der Waals surface area contributed by atoms with Crippen LogP contribution < -0.4 is 10.2 Å². The summed E-state index contributed by atoms with van der Waals surface area (Å²) in [5.74, 6) is 0.0302. The molecule has 0 spiro atoms. The minimum atomic E-state index is -0.270. The van der Waals surface area contributed by atoms with Gasteiger partial charge in [0.05, 0.1) is 24.3 Å². The molecule has 1 amide bonds. The summed E-state index contributed by atoms with van der Waals surface area (Å²) in [6, 6.07) is 5.21. The van der Waals surface area contributed by atoms with E-state index in [1.54, 1.807) is 23.5 Å². The Morgan fingerprint density at radius 3 is 2.79 bits per heavy atom. The van der Waals surface area contributed by atoms with Crippen LogP contribution in [0, 0.1) is 5.82 Å². The molecule has 1 N–H and O–H groups in total. The van der Waals surface area contributed by atoms with Crippen LogP contribution in [0.25, 0.3) is 11.2 Å². The second-order valence-corrected chi connectivity index (χ2v) is 8.57. The topological polar surface area (TPSA) is 82.4 Å². The van der Waals surface area contributed by atoms with E-state index in [9.17, 15) is 9.18 Å². The summed E-state index contributed by atoms with van der Waals surface area (Å²) < 4.78 is 16.8. The Labute approximate surface area is 191 Å². The van der Waals surface area contributed by atoms with Gasteiger partial charge in [0.1, 0.15) is 11.3 Å². The number of halogens is 1. The molecule has 0 aliphatic carbocycles. The number of imidazole rings is 1. The summed E-state index contributed by atoms with van der Waals surface area (Å²) in [5, 5.41) is 3.11. The molecule has 0 saturated carbocycles. The first kappa shape index (κ1) is 21.3. The Kier molecular flexibility index (Phi) is 5.67. The first-order valence-electron chi connectivity index (χ1n) is 11.1. The number of piperazine rings is 1. The summed E-state index contributed by atoms with van der Waals surface area (Å²) >= 11 is 0. The van der Waals surface area contributed by atoms with Gasteiger partial charge in [-0.05, 0) is 37.7 Å². The highest BCUT2D eigenvalue weighted by Gasteiger charge is 2.27. The molecule has 4 heterocycles. The van der Waals surface area contributed by atoms with Crippen LogP contribution in [0.5, 0.6) is 0 Å². The van der Waals surface area contributed by atoms with Crippen LogP contribution >= 0.6 is 0 Å². The predicted molar refractivity (Wildman–Crippen MR) is 125 cm³/mol. The van der Waals surface area contributed by atoms with Crippen molar-refractivity contribution >= 4 is 34.4 Å². The number of rotatable bonds is 5. The van der Waals surface area contributed by atoms with Gasteiger partial charge >= 0.3 is 0 Å². The predicted octanol–water partition coefficient (Wildman–Crippen LogP) is 2.42. The molecule has 2 aromatic heterocycles. The Balaban J connectivity index is 1.33. The fourth-order valence-corrected chi connectivity index (χ4v) is 4.47. The maximum absolute atomic E-state index is 14.8. The molecule has 2 aliphatic heterocycles. The van der Waals surface area contributed by atoms with E-state index in [-0.39, 0.29) is 17.8 Å². The number of aromatic nitrogens is 4. The number of fused-ring (bicyclic) bond motifs is 1. The fraction of sp³-hybridized carbons (Fsp3) is 0.391. The van der Waals surface area contributed by atoms with E-state index in [2.05, 4.69) is 43.7 Å². The van der Waals surface area contributed by atoms with Crippen molar-refractivity contribution in [2.24, 2.45) is 0 Å². The van der Waals surface area contributed by atoms with Crippen LogP contribution in [0.1, 0.15) is 12.5 Å².